The first-order valence-corrected chi connectivity index (χ1v) is 11.2. The maximum Gasteiger partial charge on any atom is 0.326 e. The number of H-pyrrole nitrogens is 1. The molecule has 0 amide bonds. The van der Waals surface area contributed by atoms with E-state index in [1.165, 1.54) is 18.3 Å². The Hall–Kier alpha value is -3.97. The highest BCUT2D eigenvalue weighted by Crippen LogP contribution is 2.44. The molecule has 172 valence electrons. The zero-order valence-electron chi connectivity index (χ0n) is 18.8. The van der Waals surface area contributed by atoms with Crippen LogP contribution in [0.3, 0.4) is 0 Å². The van der Waals surface area contributed by atoms with Gasteiger partial charge in [0.1, 0.15) is 34.8 Å². The average molecular weight is 459 g/mol. The van der Waals surface area contributed by atoms with Crippen molar-refractivity contribution in [2.24, 2.45) is 11.7 Å². The van der Waals surface area contributed by atoms with E-state index in [1.54, 1.807) is 20.0 Å². The number of ether oxygens (including phenoxy) is 1. The van der Waals surface area contributed by atoms with E-state index in [0.717, 1.165) is 30.3 Å². The van der Waals surface area contributed by atoms with Crippen LogP contribution in [-0.2, 0) is 0 Å². The highest BCUT2D eigenvalue weighted by atomic mass is 19.1. The molecule has 1 aromatic carbocycles. The van der Waals surface area contributed by atoms with E-state index in [1.807, 2.05) is 6.07 Å². The normalized spacial score (nSPS) is 21.4. The van der Waals surface area contributed by atoms with Crippen LogP contribution in [0.2, 0.25) is 0 Å². The molecule has 3 atom stereocenters. The molecule has 4 heterocycles. The van der Waals surface area contributed by atoms with Crippen LogP contribution in [0, 0.1) is 30.0 Å². The Balaban J connectivity index is 1.53. The van der Waals surface area contributed by atoms with Gasteiger partial charge < -0.3 is 25.7 Å². The van der Waals surface area contributed by atoms with E-state index < -0.39 is 0 Å². The van der Waals surface area contributed by atoms with Crippen molar-refractivity contribution in [1.82, 2.24) is 19.9 Å². The molecule has 9 nitrogen and oxygen atoms in total. The van der Waals surface area contributed by atoms with Gasteiger partial charge in [-0.1, -0.05) is 0 Å². The molecule has 1 saturated carbocycles. The Morgan fingerprint density at radius 1 is 1.29 bits per heavy atom. The number of nitrogens with one attached hydrogen (secondary N) is 2. The number of pyridine rings is 1. The summed E-state index contributed by atoms with van der Waals surface area (Å²) < 4.78 is 20.5. The standard InChI is InChI=1S/C24H23FN8O/c1-11-3-15(9-29-19(11)8-26)34-24-31-22-20(16-5-13(25)6-18(28-2)21(16)30-22)23(32-24)33-10-12-4-14(33)7-17(12)27/h3,5-6,9,12,14,17,28H,4,7,10,27H2,1-2H3,(H,30,31,32)/t12?,14?,17-/m0/s1. The van der Waals surface area contributed by atoms with E-state index in [9.17, 15) is 4.39 Å². The first-order chi connectivity index (χ1) is 16.4. The predicted molar refractivity (Wildman–Crippen MR) is 126 cm³/mol. The fraction of sp³-hybridized carbons (Fsp3) is 0.333. The van der Waals surface area contributed by atoms with Crippen molar-refractivity contribution >= 4 is 33.4 Å². The quantitative estimate of drug-likeness (QED) is 0.423. The maximum atomic E-state index is 14.5. The number of nitriles is 1. The van der Waals surface area contributed by atoms with Crippen LogP contribution in [0.5, 0.6) is 11.8 Å². The van der Waals surface area contributed by atoms with E-state index in [4.69, 9.17) is 20.7 Å². The van der Waals surface area contributed by atoms with E-state index in [2.05, 4.69) is 25.2 Å². The lowest BCUT2D eigenvalue weighted by molar-refractivity contribution is 0.437. The summed E-state index contributed by atoms with van der Waals surface area (Å²) in [5.74, 6) is 1.20. The minimum absolute atomic E-state index is 0.151. The fourth-order valence-corrected chi connectivity index (χ4v) is 5.36. The van der Waals surface area contributed by atoms with Gasteiger partial charge in [0.15, 0.2) is 0 Å². The number of nitrogens with two attached hydrogens (primary N) is 1. The van der Waals surface area contributed by atoms with Crippen molar-refractivity contribution in [2.75, 3.05) is 23.8 Å². The molecule has 34 heavy (non-hydrogen) atoms. The van der Waals surface area contributed by atoms with E-state index in [0.29, 0.717) is 45.5 Å². The highest BCUT2D eigenvalue weighted by Gasteiger charge is 2.44. The van der Waals surface area contributed by atoms with Gasteiger partial charge in [0, 0.05) is 31.1 Å². The number of anilines is 2. The second-order valence-electron chi connectivity index (χ2n) is 9.06. The number of piperidine rings is 1. The number of aromatic amines is 1. The van der Waals surface area contributed by atoms with Crippen LogP contribution in [0.1, 0.15) is 24.1 Å². The van der Waals surface area contributed by atoms with Crippen molar-refractivity contribution in [3.05, 3.63) is 41.5 Å². The van der Waals surface area contributed by atoms with Gasteiger partial charge in [0.05, 0.1) is 22.8 Å². The van der Waals surface area contributed by atoms with Gasteiger partial charge in [0.2, 0.25) is 0 Å². The van der Waals surface area contributed by atoms with E-state index >= 15 is 0 Å². The Labute approximate surface area is 194 Å². The predicted octanol–water partition coefficient (Wildman–Crippen LogP) is 3.59. The fourth-order valence-electron chi connectivity index (χ4n) is 5.36. The molecule has 10 heteroatoms. The lowest BCUT2D eigenvalue weighted by Crippen LogP contribution is -2.41. The molecule has 6 rings (SSSR count). The van der Waals surface area contributed by atoms with Gasteiger partial charge in [0.25, 0.3) is 0 Å². The number of rotatable bonds is 4. The summed E-state index contributed by atoms with van der Waals surface area (Å²) >= 11 is 0. The summed E-state index contributed by atoms with van der Waals surface area (Å²) in [5, 5.41) is 13.7. The number of halogens is 1. The zero-order chi connectivity index (χ0) is 23.6. The third-order valence-electron chi connectivity index (χ3n) is 6.99. The Morgan fingerprint density at radius 2 is 2.15 bits per heavy atom. The second kappa shape index (κ2) is 7.53. The van der Waals surface area contributed by atoms with Crippen molar-refractivity contribution in [1.29, 1.82) is 5.26 Å². The Kier molecular flexibility index (Phi) is 4.57. The van der Waals surface area contributed by atoms with Gasteiger partial charge in [-0.15, -0.1) is 0 Å². The molecule has 4 aromatic rings. The average Bonchev–Trinajstić information content (AvgIpc) is 3.50. The Morgan fingerprint density at radius 3 is 2.82 bits per heavy atom. The number of aromatic nitrogens is 4. The number of nitrogens with zero attached hydrogens (tertiary/aromatic N) is 5. The minimum atomic E-state index is -0.340. The van der Waals surface area contributed by atoms with Crippen molar-refractivity contribution < 1.29 is 9.13 Å². The second-order valence-corrected chi connectivity index (χ2v) is 9.06. The highest BCUT2D eigenvalue weighted by molar-refractivity contribution is 6.14. The molecule has 1 saturated heterocycles. The topological polar surface area (TPSA) is 129 Å². The summed E-state index contributed by atoms with van der Waals surface area (Å²) in [6, 6.07) is 7.35. The number of hydrogen-bond acceptors (Lipinski definition) is 8. The third-order valence-corrected chi connectivity index (χ3v) is 6.99. The minimum Gasteiger partial charge on any atom is -0.423 e. The van der Waals surface area contributed by atoms with Crippen LogP contribution in [0.4, 0.5) is 15.9 Å². The number of benzene rings is 1. The van der Waals surface area contributed by atoms with Gasteiger partial charge in [-0.3, -0.25) is 0 Å². The van der Waals surface area contributed by atoms with Crippen molar-refractivity contribution in [3.8, 4) is 17.8 Å². The molecular weight excluding hydrogens is 435 g/mol. The summed E-state index contributed by atoms with van der Waals surface area (Å²) in [7, 11) is 1.75. The van der Waals surface area contributed by atoms with Gasteiger partial charge >= 0.3 is 6.01 Å². The first kappa shape index (κ1) is 20.6. The number of aryl methyl sites for hydroxylation is 1. The molecule has 2 bridgehead atoms. The largest absolute Gasteiger partial charge is 0.423 e. The summed E-state index contributed by atoms with van der Waals surface area (Å²) in [6.45, 7) is 2.58. The van der Waals surface area contributed by atoms with Gasteiger partial charge in [-0.2, -0.15) is 15.2 Å². The molecular formula is C24H23FN8O. The van der Waals surface area contributed by atoms with E-state index in [-0.39, 0.29) is 23.9 Å². The van der Waals surface area contributed by atoms with Gasteiger partial charge in [-0.25, -0.2) is 9.37 Å². The van der Waals surface area contributed by atoms with Crippen molar-refractivity contribution in [2.45, 2.75) is 31.8 Å². The van der Waals surface area contributed by atoms with Crippen LogP contribution in [0.25, 0.3) is 21.9 Å². The molecule has 0 radical (unpaired) electrons. The molecule has 4 N–H and O–H groups in total. The SMILES string of the molecule is CNc1cc(F)cc2c1[nH]c1nc(Oc3cnc(C#N)c(C)c3)nc(N3CC4CC3C[C@@H]4N)c12. The van der Waals surface area contributed by atoms with Crippen LogP contribution >= 0.6 is 0 Å². The molecule has 1 aliphatic heterocycles. The maximum absolute atomic E-state index is 14.5. The summed E-state index contributed by atoms with van der Waals surface area (Å²) in [6.07, 6.45) is 3.39. The molecule has 3 aromatic heterocycles. The monoisotopic (exact) mass is 458 g/mol. The smallest absolute Gasteiger partial charge is 0.326 e. The van der Waals surface area contributed by atoms with Crippen LogP contribution < -0.4 is 20.7 Å². The number of fused-ring (bicyclic) bond motifs is 5. The first-order valence-electron chi connectivity index (χ1n) is 11.2. The molecule has 2 aliphatic rings. The molecule has 1 aliphatic carbocycles. The van der Waals surface area contributed by atoms with Crippen LogP contribution in [0.15, 0.2) is 24.4 Å². The van der Waals surface area contributed by atoms with Crippen LogP contribution in [-0.4, -0.2) is 45.6 Å². The Bertz CT molecular complexity index is 1490. The number of hydrogen-bond donors (Lipinski definition) is 3. The molecule has 0 spiro atoms. The van der Waals surface area contributed by atoms with Crippen molar-refractivity contribution in [3.63, 3.8) is 0 Å². The molecule has 2 fully saturated rings. The summed E-state index contributed by atoms with van der Waals surface area (Å²) in [5.41, 5.74) is 9.28. The molecule has 2 unspecified atom stereocenters. The lowest BCUT2D eigenvalue weighted by Gasteiger charge is -2.31. The summed E-state index contributed by atoms with van der Waals surface area (Å²) in [4.78, 5) is 19.1. The van der Waals surface area contributed by atoms with Gasteiger partial charge in [-0.05, 0) is 49.4 Å². The third kappa shape index (κ3) is 3.12. The zero-order valence-corrected chi connectivity index (χ0v) is 18.8. The lowest BCUT2D eigenvalue weighted by atomic mass is 10.0.